The van der Waals surface area contributed by atoms with Crippen molar-refractivity contribution in [3.8, 4) is 0 Å². The number of hydrogen-bond donors (Lipinski definition) is 2. The van der Waals surface area contributed by atoms with E-state index in [9.17, 15) is 4.79 Å². The Bertz CT molecular complexity index is 213. The van der Waals surface area contributed by atoms with Gasteiger partial charge in [-0.25, -0.2) is 4.79 Å². The van der Waals surface area contributed by atoms with E-state index in [4.69, 9.17) is 4.74 Å². The van der Waals surface area contributed by atoms with Gasteiger partial charge in [0.1, 0.15) is 0 Å². The van der Waals surface area contributed by atoms with E-state index in [2.05, 4.69) is 10.6 Å². The van der Waals surface area contributed by atoms with E-state index >= 15 is 0 Å². The van der Waals surface area contributed by atoms with Crippen LogP contribution in [0.5, 0.6) is 0 Å². The predicted molar refractivity (Wildman–Crippen MR) is 64.4 cm³/mol. The van der Waals surface area contributed by atoms with Gasteiger partial charge in [0.25, 0.3) is 0 Å². The summed E-state index contributed by atoms with van der Waals surface area (Å²) in [7, 11) is 0. The van der Waals surface area contributed by atoms with E-state index in [1.165, 1.54) is 12.8 Å². The van der Waals surface area contributed by atoms with E-state index < -0.39 is 0 Å². The molecule has 1 heterocycles. The molecule has 1 fully saturated rings. The van der Waals surface area contributed by atoms with Gasteiger partial charge >= 0.3 is 6.09 Å². The molecular weight excluding hydrogens is 204 g/mol. The number of carbonyl (C=O) groups is 1. The standard InChI is InChI=1S/C12H24N2O2/c1-9(2)8-16-12(15)14-10(3)11-6-4-5-7-13-11/h9-11,13H,4-8H2,1-3H3,(H,14,15). The minimum absolute atomic E-state index is 0.139. The molecule has 4 nitrogen and oxygen atoms in total. The molecule has 1 saturated heterocycles. The van der Waals surface area contributed by atoms with E-state index in [0.717, 1.165) is 13.0 Å². The van der Waals surface area contributed by atoms with Crippen molar-refractivity contribution in [1.82, 2.24) is 10.6 Å². The highest BCUT2D eigenvalue weighted by Crippen LogP contribution is 2.10. The van der Waals surface area contributed by atoms with E-state index in [1.54, 1.807) is 0 Å². The fraction of sp³-hybridized carbons (Fsp3) is 0.917. The molecule has 0 aromatic carbocycles. The first kappa shape index (κ1) is 13.3. The molecule has 2 atom stereocenters. The average Bonchev–Trinajstić information content (AvgIpc) is 2.27. The molecule has 0 aromatic heterocycles. The fourth-order valence-corrected chi connectivity index (χ4v) is 1.88. The summed E-state index contributed by atoms with van der Waals surface area (Å²) < 4.78 is 5.09. The van der Waals surface area contributed by atoms with Crippen molar-refractivity contribution < 1.29 is 9.53 Å². The number of carbonyl (C=O) groups excluding carboxylic acids is 1. The van der Waals surface area contributed by atoms with Crippen LogP contribution >= 0.6 is 0 Å². The third-order valence-corrected chi connectivity index (χ3v) is 2.85. The second-order valence-corrected chi connectivity index (χ2v) is 4.98. The molecule has 2 unspecified atom stereocenters. The number of ether oxygens (including phenoxy) is 1. The van der Waals surface area contributed by atoms with Crippen LogP contribution in [0.2, 0.25) is 0 Å². The maximum Gasteiger partial charge on any atom is 0.407 e. The maximum absolute atomic E-state index is 11.4. The van der Waals surface area contributed by atoms with Crippen molar-refractivity contribution in [3.05, 3.63) is 0 Å². The van der Waals surface area contributed by atoms with Crippen molar-refractivity contribution in [2.24, 2.45) is 5.92 Å². The predicted octanol–water partition coefficient (Wildman–Crippen LogP) is 1.90. The van der Waals surface area contributed by atoms with Gasteiger partial charge in [0.15, 0.2) is 0 Å². The van der Waals surface area contributed by atoms with Crippen molar-refractivity contribution in [1.29, 1.82) is 0 Å². The fourth-order valence-electron chi connectivity index (χ4n) is 1.88. The third-order valence-electron chi connectivity index (χ3n) is 2.85. The van der Waals surface area contributed by atoms with Crippen LogP contribution < -0.4 is 10.6 Å². The lowest BCUT2D eigenvalue weighted by atomic mass is 9.99. The molecule has 1 aliphatic heterocycles. The number of hydrogen-bond acceptors (Lipinski definition) is 3. The molecule has 1 aliphatic rings. The maximum atomic E-state index is 11.4. The average molecular weight is 228 g/mol. The highest BCUT2D eigenvalue weighted by atomic mass is 16.5. The zero-order valence-corrected chi connectivity index (χ0v) is 10.6. The summed E-state index contributed by atoms with van der Waals surface area (Å²) >= 11 is 0. The first-order valence-electron chi connectivity index (χ1n) is 6.26. The molecule has 16 heavy (non-hydrogen) atoms. The number of rotatable bonds is 4. The van der Waals surface area contributed by atoms with Gasteiger partial charge in [-0.15, -0.1) is 0 Å². The summed E-state index contributed by atoms with van der Waals surface area (Å²) in [4.78, 5) is 11.4. The van der Waals surface area contributed by atoms with Crippen molar-refractivity contribution in [2.75, 3.05) is 13.2 Å². The monoisotopic (exact) mass is 228 g/mol. The smallest absolute Gasteiger partial charge is 0.407 e. The quantitative estimate of drug-likeness (QED) is 0.772. The van der Waals surface area contributed by atoms with Crippen molar-refractivity contribution >= 4 is 6.09 Å². The van der Waals surface area contributed by atoms with Gasteiger partial charge < -0.3 is 15.4 Å². The lowest BCUT2D eigenvalue weighted by Gasteiger charge is -2.29. The minimum atomic E-state index is -0.298. The minimum Gasteiger partial charge on any atom is -0.449 e. The van der Waals surface area contributed by atoms with Gasteiger partial charge in [0.05, 0.1) is 6.61 Å². The van der Waals surface area contributed by atoms with Crippen LogP contribution in [0.4, 0.5) is 4.79 Å². The Hall–Kier alpha value is -0.770. The van der Waals surface area contributed by atoms with Crippen LogP contribution in [0.3, 0.4) is 0 Å². The Morgan fingerprint density at radius 2 is 2.19 bits per heavy atom. The number of alkyl carbamates (subject to hydrolysis) is 1. The third kappa shape index (κ3) is 4.84. The Morgan fingerprint density at radius 3 is 2.75 bits per heavy atom. The second kappa shape index (κ2) is 6.74. The van der Waals surface area contributed by atoms with Crippen LogP contribution in [0.1, 0.15) is 40.0 Å². The first-order valence-corrected chi connectivity index (χ1v) is 6.26. The van der Waals surface area contributed by atoms with E-state index in [0.29, 0.717) is 18.6 Å². The van der Waals surface area contributed by atoms with Crippen LogP contribution in [-0.2, 0) is 4.74 Å². The van der Waals surface area contributed by atoms with E-state index in [-0.39, 0.29) is 12.1 Å². The normalized spacial score (nSPS) is 22.9. The Balaban J connectivity index is 2.21. The summed E-state index contributed by atoms with van der Waals surface area (Å²) in [5.41, 5.74) is 0. The summed E-state index contributed by atoms with van der Waals surface area (Å²) in [5.74, 6) is 0.383. The summed E-state index contributed by atoms with van der Waals surface area (Å²) in [6.45, 7) is 7.62. The van der Waals surface area contributed by atoms with Gasteiger partial charge in [0, 0.05) is 12.1 Å². The molecule has 0 radical (unpaired) electrons. The molecule has 1 rings (SSSR count). The molecule has 0 spiro atoms. The van der Waals surface area contributed by atoms with Gasteiger partial charge in [-0.1, -0.05) is 20.3 Å². The molecule has 0 saturated carbocycles. The molecule has 0 aromatic rings. The zero-order chi connectivity index (χ0) is 12.0. The van der Waals surface area contributed by atoms with Gasteiger partial charge in [-0.3, -0.25) is 0 Å². The van der Waals surface area contributed by atoms with Crippen molar-refractivity contribution in [3.63, 3.8) is 0 Å². The first-order chi connectivity index (χ1) is 7.59. The Kier molecular flexibility index (Phi) is 5.60. The SMILES string of the molecule is CC(C)COC(=O)NC(C)C1CCCCN1. The Morgan fingerprint density at radius 1 is 1.44 bits per heavy atom. The van der Waals surface area contributed by atoms with Crippen molar-refractivity contribution in [2.45, 2.75) is 52.1 Å². The summed E-state index contributed by atoms with van der Waals surface area (Å²) in [6, 6.07) is 0.528. The number of piperidine rings is 1. The van der Waals surface area contributed by atoms with Crippen LogP contribution in [0.25, 0.3) is 0 Å². The zero-order valence-electron chi connectivity index (χ0n) is 10.6. The van der Waals surface area contributed by atoms with Gasteiger partial charge in [-0.05, 0) is 32.2 Å². The summed E-state index contributed by atoms with van der Waals surface area (Å²) in [6.07, 6.45) is 3.31. The largest absolute Gasteiger partial charge is 0.449 e. The topological polar surface area (TPSA) is 50.4 Å². The molecule has 1 amide bonds. The van der Waals surface area contributed by atoms with Gasteiger partial charge in [0.2, 0.25) is 0 Å². The van der Waals surface area contributed by atoms with Crippen LogP contribution in [0.15, 0.2) is 0 Å². The number of amides is 1. The lowest BCUT2D eigenvalue weighted by molar-refractivity contribution is 0.127. The highest BCUT2D eigenvalue weighted by Gasteiger charge is 2.21. The molecular formula is C12H24N2O2. The highest BCUT2D eigenvalue weighted by molar-refractivity contribution is 5.67. The molecule has 4 heteroatoms. The molecule has 0 bridgehead atoms. The Labute approximate surface area is 98.1 Å². The van der Waals surface area contributed by atoms with Crippen LogP contribution in [0, 0.1) is 5.92 Å². The molecule has 0 aliphatic carbocycles. The number of nitrogens with one attached hydrogen (secondary N) is 2. The summed E-state index contributed by atoms with van der Waals surface area (Å²) in [5, 5.41) is 6.30. The second-order valence-electron chi connectivity index (χ2n) is 4.98. The molecule has 94 valence electrons. The lowest BCUT2D eigenvalue weighted by Crippen LogP contribution is -2.50. The van der Waals surface area contributed by atoms with E-state index in [1.807, 2.05) is 20.8 Å². The van der Waals surface area contributed by atoms with Gasteiger partial charge in [-0.2, -0.15) is 0 Å². The van der Waals surface area contributed by atoms with Crippen LogP contribution in [-0.4, -0.2) is 31.3 Å². The molecule has 2 N–H and O–H groups in total.